The van der Waals surface area contributed by atoms with Gasteiger partial charge < -0.3 is 14.7 Å². The Labute approximate surface area is 115 Å². The second-order valence-electron chi connectivity index (χ2n) is 4.85. The highest BCUT2D eigenvalue weighted by molar-refractivity contribution is 5.66. The summed E-state index contributed by atoms with van der Waals surface area (Å²) >= 11 is 0. The van der Waals surface area contributed by atoms with Crippen molar-refractivity contribution < 1.29 is 14.6 Å². The van der Waals surface area contributed by atoms with Gasteiger partial charge in [0.2, 0.25) is 0 Å². The number of carboxylic acid groups (broad SMARTS) is 1. The molecule has 0 aliphatic rings. The van der Waals surface area contributed by atoms with Crippen LogP contribution in [0, 0.1) is 6.92 Å². The van der Waals surface area contributed by atoms with Crippen LogP contribution < -0.4 is 4.74 Å². The average Bonchev–Trinajstić information content (AvgIpc) is 2.36. The fourth-order valence-corrected chi connectivity index (χ4v) is 2.03. The first-order chi connectivity index (χ1) is 9.02. The van der Waals surface area contributed by atoms with Crippen LogP contribution in [0.1, 0.15) is 24.0 Å². The predicted octanol–water partition coefficient (Wildman–Crippen LogP) is 2.34. The van der Waals surface area contributed by atoms with E-state index in [2.05, 4.69) is 17.0 Å². The lowest BCUT2D eigenvalue weighted by Gasteiger charge is -2.16. The van der Waals surface area contributed by atoms with Crippen molar-refractivity contribution in [3.63, 3.8) is 0 Å². The van der Waals surface area contributed by atoms with E-state index in [9.17, 15) is 4.79 Å². The van der Waals surface area contributed by atoms with Crippen molar-refractivity contribution in [3.8, 4) is 5.75 Å². The molecule has 0 aromatic heterocycles. The molecule has 0 bridgehead atoms. The number of carboxylic acids is 1. The SMILES string of the molecule is COc1ccc(CCN(C)CCCC(=O)O)cc1C. The molecule has 1 N–H and O–H groups in total. The summed E-state index contributed by atoms with van der Waals surface area (Å²) < 4.78 is 5.24. The number of hydrogen-bond acceptors (Lipinski definition) is 3. The number of nitrogens with zero attached hydrogens (tertiary/aromatic N) is 1. The second kappa shape index (κ2) is 7.79. The molecular formula is C15H23NO3. The smallest absolute Gasteiger partial charge is 0.303 e. The molecule has 0 saturated heterocycles. The number of rotatable bonds is 8. The Kier molecular flexibility index (Phi) is 6.36. The van der Waals surface area contributed by atoms with Gasteiger partial charge in [-0.1, -0.05) is 12.1 Å². The first kappa shape index (κ1) is 15.5. The van der Waals surface area contributed by atoms with Crippen LogP contribution in [0.25, 0.3) is 0 Å². The third kappa shape index (κ3) is 5.75. The molecule has 0 atom stereocenters. The van der Waals surface area contributed by atoms with Gasteiger partial charge in [0.1, 0.15) is 5.75 Å². The van der Waals surface area contributed by atoms with E-state index < -0.39 is 5.97 Å². The summed E-state index contributed by atoms with van der Waals surface area (Å²) in [4.78, 5) is 12.6. The number of benzene rings is 1. The molecule has 1 rings (SSSR count). The lowest BCUT2D eigenvalue weighted by Crippen LogP contribution is -2.23. The minimum absolute atomic E-state index is 0.242. The molecule has 0 radical (unpaired) electrons. The molecule has 1 aromatic rings. The summed E-state index contributed by atoms with van der Waals surface area (Å²) in [6.45, 7) is 3.80. The second-order valence-corrected chi connectivity index (χ2v) is 4.85. The van der Waals surface area contributed by atoms with Gasteiger partial charge >= 0.3 is 5.97 Å². The van der Waals surface area contributed by atoms with Crippen LogP contribution in [-0.2, 0) is 11.2 Å². The summed E-state index contributed by atoms with van der Waals surface area (Å²) in [7, 11) is 3.70. The van der Waals surface area contributed by atoms with Gasteiger partial charge in [-0.2, -0.15) is 0 Å². The molecule has 4 nitrogen and oxygen atoms in total. The van der Waals surface area contributed by atoms with Crippen LogP contribution in [0.3, 0.4) is 0 Å². The van der Waals surface area contributed by atoms with E-state index in [0.29, 0.717) is 6.42 Å². The Morgan fingerprint density at radius 1 is 1.37 bits per heavy atom. The first-order valence-electron chi connectivity index (χ1n) is 6.56. The minimum atomic E-state index is -0.723. The number of aryl methyl sites for hydroxylation is 1. The topological polar surface area (TPSA) is 49.8 Å². The van der Waals surface area contributed by atoms with Crippen LogP contribution in [0.5, 0.6) is 5.75 Å². The molecule has 4 heteroatoms. The zero-order valence-electron chi connectivity index (χ0n) is 12.0. The first-order valence-corrected chi connectivity index (χ1v) is 6.56. The van der Waals surface area contributed by atoms with Crippen molar-refractivity contribution in [2.45, 2.75) is 26.2 Å². The quantitative estimate of drug-likeness (QED) is 0.784. The zero-order chi connectivity index (χ0) is 14.3. The van der Waals surface area contributed by atoms with E-state index in [1.54, 1.807) is 7.11 Å². The zero-order valence-corrected chi connectivity index (χ0v) is 12.0. The number of ether oxygens (including phenoxy) is 1. The highest BCUT2D eigenvalue weighted by Crippen LogP contribution is 2.18. The molecule has 0 aliphatic heterocycles. The Bertz CT molecular complexity index is 418. The van der Waals surface area contributed by atoms with Gasteiger partial charge in [0, 0.05) is 13.0 Å². The fourth-order valence-electron chi connectivity index (χ4n) is 2.03. The van der Waals surface area contributed by atoms with Crippen molar-refractivity contribution >= 4 is 5.97 Å². The Hall–Kier alpha value is -1.55. The molecule has 0 fully saturated rings. The van der Waals surface area contributed by atoms with Crippen LogP contribution in [0.4, 0.5) is 0 Å². The molecule has 0 aliphatic carbocycles. The third-order valence-electron chi connectivity index (χ3n) is 3.17. The molecule has 0 spiro atoms. The van der Waals surface area contributed by atoms with Gasteiger partial charge in [-0.3, -0.25) is 4.79 Å². The number of likely N-dealkylation sites (N-methyl/N-ethyl adjacent to an activating group) is 1. The van der Waals surface area contributed by atoms with Crippen molar-refractivity contribution in [2.75, 3.05) is 27.2 Å². The monoisotopic (exact) mass is 265 g/mol. The predicted molar refractivity (Wildman–Crippen MR) is 75.8 cm³/mol. The van der Waals surface area contributed by atoms with E-state index in [0.717, 1.165) is 30.8 Å². The summed E-state index contributed by atoms with van der Waals surface area (Å²) in [5.74, 6) is 0.192. The van der Waals surface area contributed by atoms with E-state index in [1.807, 2.05) is 20.0 Å². The molecule has 19 heavy (non-hydrogen) atoms. The molecule has 0 saturated carbocycles. The summed E-state index contributed by atoms with van der Waals surface area (Å²) in [5, 5.41) is 8.58. The van der Waals surface area contributed by atoms with Gasteiger partial charge in [-0.05, 0) is 50.6 Å². The maximum atomic E-state index is 10.4. The molecular weight excluding hydrogens is 242 g/mol. The van der Waals surface area contributed by atoms with Gasteiger partial charge in [0.15, 0.2) is 0 Å². The van der Waals surface area contributed by atoms with Crippen molar-refractivity contribution in [3.05, 3.63) is 29.3 Å². The maximum absolute atomic E-state index is 10.4. The van der Waals surface area contributed by atoms with E-state index in [4.69, 9.17) is 9.84 Å². The number of aliphatic carboxylic acids is 1. The molecule has 1 aromatic carbocycles. The fraction of sp³-hybridized carbons (Fsp3) is 0.533. The van der Waals surface area contributed by atoms with Gasteiger partial charge in [0.05, 0.1) is 7.11 Å². The van der Waals surface area contributed by atoms with Gasteiger partial charge in [0.25, 0.3) is 0 Å². The lowest BCUT2D eigenvalue weighted by molar-refractivity contribution is -0.137. The highest BCUT2D eigenvalue weighted by Gasteiger charge is 2.04. The largest absolute Gasteiger partial charge is 0.496 e. The van der Waals surface area contributed by atoms with Crippen LogP contribution in [0.2, 0.25) is 0 Å². The van der Waals surface area contributed by atoms with Crippen LogP contribution in [0.15, 0.2) is 18.2 Å². The van der Waals surface area contributed by atoms with E-state index in [-0.39, 0.29) is 6.42 Å². The van der Waals surface area contributed by atoms with Gasteiger partial charge in [-0.15, -0.1) is 0 Å². The molecule has 0 amide bonds. The Morgan fingerprint density at radius 3 is 2.68 bits per heavy atom. The normalized spacial score (nSPS) is 10.7. The van der Waals surface area contributed by atoms with Crippen LogP contribution >= 0.6 is 0 Å². The van der Waals surface area contributed by atoms with Crippen molar-refractivity contribution in [1.29, 1.82) is 0 Å². The summed E-state index contributed by atoms with van der Waals surface area (Å²) in [6.07, 6.45) is 1.91. The third-order valence-corrected chi connectivity index (χ3v) is 3.17. The highest BCUT2D eigenvalue weighted by atomic mass is 16.5. The molecule has 0 unspecified atom stereocenters. The van der Waals surface area contributed by atoms with Crippen molar-refractivity contribution in [1.82, 2.24) is 4.90 Å². The van der Waals surface area contributed by atoms with E-state index >= 15 is 0 Å². The molecule has 106 valence electrons. The number of hydrogen-bond donors (Lipinski definition) is 1. The maximum Gasteiger partial charge on any atom is 0.303 e. The standard InChI is InChI=1S/C15H23NO3/c1-12-11-13(6-7-14(12)19-3)8-10-16(2)9-4-5-15(17)18/h6-7,11H,4-5,8-10H2,1-3H3,(H,17,18). The van der Waals surface area contributed by atoms with Gasteiger partial charge in [-0.25, -0.2) is 0 Å². The average molecular weight is 265 g/mol. The summed E-state index contributed by atoms with van der Waals surface area (Å²) in [5.41, 5.74) is 2.43. The Balaban J connectivity index is 2.35. The number of methoxy groups -OCH3 is 1. The molecule has 0 heterocycles. The Morgan fingerprint density at radius 2 is 2.11 bits per heavy atom. The minimum Gasteiger partial charge on any atom is -0.496 e. The lowest BCUT2D eigenvalue weighted by atomic mass is 10.1. The van der Waals surface area contributed by atoms with Crippen LogP contribution in [-0.4, -0.2) is 43.2 Å². The number of carbonyl (C=O) groups is 1. The summed E-state index contributed by atoms with van der Waals surface area (Å²) in [6, 6.07) is 6.22. The van der Waals surface area contributed by atoms with E-state index in [1.165, 1.54) is 5.56 Å². The van der Waals surface area contributed by atoms with Crippen molar-refractivity contribution in [2.24, 2.45) is 0 Å².